The maximum Gasteiger partial charge on any atom is 0.249 e. The quantitative estimate of drug-likeness (QED) is 0.351. The minimum atomic E-state index is -0.968. The first-order valence-corrected chi connectivity index (χ1v) is 14.4. The number of ether oxygens (including phenoxy) is 1. The minimum Gasteiger partial charge on any atom is -0.370 e. The first-order chi connectivity index (χ1) is 19.3. The highest BCUT2D eigenvalue weighted by molar-refractivity contribution is 7.17. The number of nitrogens with one attached hydrogen (secondary N) is 2. The van der Waals surface area contributed by atoms with Crippen LogP contribution in [0.1, 0.15) is 24.0 Å². The van der Waals surface area contributed by atoms with Crippen LogP contribution in [0.3, 0.4) is 0 Å². The highest BCUT2D eigenvalue weighted by atomic mass is 32.1. The number of likely N-dealkylation sites (N-methyl/N-ethyl adjacent to an activating group) is 3. The van der Waals surface area contributed by atoms with E-state index >= 15 is 0 Å². The normalized spacial score (nSPS) is 16.4. The minimum absolute atomic E-state index is 0.00213. The second-order valence-corrected chi connectivity index (χ2v) is 11.1. The summed E-state index contributed by atoms with van der Waals surface area (Å²) >= 11 is 1.58. The molecule has 3 atom stereocenters. The lowest BCUT2D eigenvalue weighted by atomic mass is 9.99. The lowest BCUT2D eigenvalue weighted by Crippen LogP contribution is -2.56. The SMILES string of the molecule is CNC(=O)[C@@H](Cc1ccccc1F)N(C)C(=O)[C@@H](Cc1csc2ccccc12)N(C)C(=O)COC[C@@H]1CCCN1. The smallest absolute Gasteiger partial charge is 0.249 e. The largest absolute Gasteiger partial charge is 0.370 e. The number of hydrogen-bond acceptors (Lipinski definition) is 6. The molecule has 2 aromatic carbocycles. The summed E-state index contributed by atoms with van der Waals surface area (Å²) < 4.78 is 21.3. The molecule has 4 rings (SSSR count). The Hall–Kier alpha value is -3.34. The third-order valence-electron chi connectivity index (χ3n) is 7.56. The summed E-state index contributed by atoms with van der Waals surface area (Å²) in [5.74, 6) is -1.59. The summed E-state index contributed by atoms with van der Waals surface area (Å²) in [7, 11) is 4.61. The predicted molar refractivity (Wildman–Crippen MR) is 155 cm³/mol. The lowest BCUT2D eigenvalue weighted by Gasteiger charge is -2.34. The van der Waals surface area contributed by atoms with Gasteiger partial charge in [0.25, 0.3) is 0 Å². The number of nitrogens with zero attached hydrogens (tertiary/aromatic N) is 2. The molecule has 214 valence electrons. The van der Waals surface area contributed by atoms with E-state index in [4.69, 9.17) is 4.74 Å². The standard InChI is InChI=1S/C30H37FN4O4S/c1-32-29(37)25(15-20-9-4-6-12-24(20)31)35(3)30(38)26(16-21-19-40-27-13-7-5-11-23(21)27)34(2)28(36)18-39-17-22-10-8-14-33-22/h4-7,9,11-13,19,22,25-26,33H,8,10,14-18H2,1-3H3,(H,32,37)/t22-,25+,26+/m0/s1. The van der Waals surface area contributed by atoms with Crippen LogP contribution in [0.4, 0.5) is 4.39 Å². The van der Waals surface area contributed by atoms with E-state index in [0.29, 0.717) is 12.2 Å². The van der Waals surface area contributed by atoms with Crippen LogP contribution in [0.2, 0.25) is 0 Å². The van der Waals surface area contributed by atoms with Crippen molar-refractivity contribution in [2.24, 2.45) is 0 Å². The molecule has 1 aliphatic rings. The summed E-state index contributed by atoms with van der Waals surface area (Å²) in [6.07, 6.45) is 2.35. The molecule has 0 radical (unpaired) electrons. The molecule has 0 bridgehead atoms. The Morgan fingerprint density at radius 1 is 1.05 bits per heavy atom. The zero-order valence-electron chi connectivity index (χ0n) is 23.2. The van der Waals surface area contributed by atoms with Crippen LogP contribution >= 0.6 is 11.3 Å². The average Bonchev–Trinajstić information content (AvgIpc) is 3.64. The Morgan fingerprint density at radius 2 is 1.77 bits per heavy atom. The van der Waals surface area contributed by atoms with E-state index in [1.165, 1.54) is 30.0 Å². The van der Waals surface area contributed by atoms with Crippen molar-refractivity contribution in [2.75, 3.05) is 40.9 Å². The van der Waals surface area contributed by atoms with Crippen LogP contribution in [0.25, 0.3) is 10.1 Å². The van der Waals surface area contributed by atoms with Crippen molar-refractivity contribution in [1.29, 1.82) is 0 Å². The van der Waals surface area contributed by atoms with Crippen LogP contribution in [-0.4, -0.2) is 86.5 Å². The molecule has 0 spiro atoms. The van der Waals surface area contributed by atoms with Gasteiger partial charge in [-0.1, -0.05) is 36.4 Å². The van der Waals surface area contributed by atoms with Crippen LogP contribution in [-0.2, 0) is 32.0 Å². The Morgan fingerprint density at radius 3 is 2.50 bits per heavy atom. The Balaban J connectivity index is 1.57. The van der Waals surface area contributed by atoms with E-state index in [2.05, 4.69) is 10.6 Å². The fourth-order valence-electron chi connectivity index (χ4n) is 5.09. The molecule has 8 nitrogen and oxygen atoms in total. The van der Waals surface area contributed by atoms with Gasteiger partial charge in [-0.05, 0) is 53.4 Å². The molecule has 0 aliphatic carbocycles. The summed E-state index contributed by atoms with van der Waals surface area (Å²) in [5, 5.41) is 8.96. The second-order valence-electron chi connectivity index (χ2n) is 10.2. The zero-order valence-corrected chi connectivity index (χ0v) is 24.0. The van der Waals surface area contributed by atoms with E-state index in [1.54, 1.807) is 36.6 Å². The Labute approximate surface area is 238 Å². The maximum absolute atomic E-state index is 14.5. The molecular formula is C30H37FN4O4S. The van der Waals surface area contributed by atoms with Gasteiger partial charge in [0.2, 0.25) is 17.7 Å². The van der Waals surface area contributed by atoms with E-state index < -0.39 is 29.7 Å². The number of rotatable bonds is 12. The van der Waals surface area contributed by atoms with Gasteiger partial charge in [-0.25, -0.2) is 4.39 Å². The van der Waals surface area contributed by atoms with Gasteiger partial charge in [-0.2, -0.15) is 0 Å². The second kappa shape index (κ2) is 13.8. The molecule has 1 saturated heterocycles. The number of hydrogen-bond donors (Lipinski definition) is 2. The number of benzene rings is 2. The molecule has 1 aliphatic heterocycles. The molecule has 1 fully saturated rings. The van der Waals surface area contributed by atoms with Gasteiger partial charge in [0.15, 0.2) is 0 Å². The number of carbonyl (C=O) groups excluding carboxylic acids is 3. The third kappa shape index (κ3) is 7.04. The number of amides is 3. The molecule has 2 heterocycles. The van der Waals surface area contributed by atoms with Crippen LogP contribution in [0, 0.1) is 5.82 Å². The van der Waals surface area contributed by atoms with E-state index in [-0.39, 0.29) is 31.4 Å². The van der Waals surface area contributed by atoms with Crippen molar-refractivity contribution in [1.82, 2.24) is 20.4 Å². The number of halogens is 1. The highest BCUT2D eigenvalue weighted by Gasteiger charge is 2.35. The number of thiophene rings is 1. The molecule has 40 heavy (non-hydrogen) atoms. The Kier molecular flexibility index (Phi) is 10.2. The first kappa shape index (κ1) is 29.6. The molecular weight excluding hydrogens is 531 g/mol. The van der Waals surface area contributed by atoms with Crippen molar-refractivity contribution in [3.8, 4) is 0 Å². The molecule has 0 unspecified atom stereocenters. The van der Waals surface area contributed by atoms with Gasteiger partial charge in [0.05, 0.1) is 6.61 Å². The zero-order chi connectivity index (χ0) is 28.6. The van der Waals surface area contributed by atoms with Gasteiger partial charge in [0.1, 0.15) is 24.5 Å². The predicted octanol–water partition coefficient (Wildman–Crippen LogP) is 2.99. The molecule has 3 aromatic rings. The van der Waals surface area contributed by atoms with Gasteiger partial charge in [0, 0.05) is 44.7 Å². The summed E-state index contributed by atoms with van der Waals surface area (Å²) in [4.78, 5) is 43.0. The molecule has 3 amide bonds. The first-order valence-electron chi connectivity index (χ1n) is 13.5. The van der Waals surface area contributed by atoms with Crippen LogP contribution in [0.15, 0.2) is 53.9 Å². The van der Waals surface area contributed by atoms with Gasteiger partial charge >= 0.3 is 0 Å². The topological polar surface area (TPSA) is 91.0 Å². The molecule has 0 saturated carbocycles. The number of carbonyl (C=O) groups is 3. The van der Waals surface area contributed by atoms with E-state index in [9.17, 15) is 18.8 Å². The summed E-state index contributed by atoms with van der Waals surface area (Å²) in [6, 6.07) is 12.5. The fourth-order valence-corrected chi connectivity index (χ4v) is 6.06. The molecule has 1 aromatic heterocycles. The van der Waals surface area contributed by atoms with Gasteiger partial charge in [-0.3, -0.25) is 14.4 Å². The monoisotopic (exact) mass is 568 g/mol. The van der Waals surface area contributed by atoms with Crippen molar-refractivity contribution in [2.45, 2.75) is 43.8 Å². The maximum atomic E-state index is 14.5. The van der Waals surface area contributed by atoms with Crippen LogP contribution in [0.5, 0.6) is 0 Å². The van der Waals surface area contributed by atoms with E-state index in [0.717, 1.165) is 35.0 Å². The van der Waals surface area contributed by atoms with Crippen molar-refractivity contribution < 1.29 is 23.5 Å². The average molecular weight is 569 g/mol. The van der Waals surface area contributed by atoms with Crippen LogP contribution < -0.4 is 10.6 Å². The van der Waals surface area contributed by atoms with Crippen molar-refractivity contribution in [3.05, 3.63) is 70.9 Å². The lowest BCUT2D eigenvalue weighted by molar-refractivity contribution is -0.149. The van der Waals surface area contributed by atoms with Gasteiger partial charge < -0.3 is 25.2 Å². The van der Waals surface area contributed by atoms with Crippen molar-refractivity contribution >= 4 is 39.1 Å². The molecule has 2 N–H and O–H groups in total. The molecule has 10 heteroatoms. The highest BCUT2D eigenvalue weighted by Crippen LogP contribution is 2.28. The third-order valence-corrected chi connectivity index (χ3v) is 8.57. The Bertz CT molecular complexity index is 1330. The van der Waals surface area contributed by atoms with E-state index in [1.807, 2.05) is 29.6 Å². The number of fused-ring (bicyclic) bond motifs is 1. The van der Waals surface area contributed by atoms with Crippen molar-refractivity contribution in [3.63, 3.8) is 0 Å². The fraction of sp³-hybridized carbons (Fsp3) is 0.433. The summed E-state index contributed by atoms with van der Waals surface area (Å²) in [6.45, 7) is 1.22. The van der Waals surface area contributed by atoms with Gasteiger partial charge in [-0.15, -0.1) is 11.3 Å². The summed E-state index contributed by atoms with van der Waals surface area (Å²) in [5.41, 5.74) is 1.27.